The number of halogens is 1. The molecular formula is C16H20ClN3O3. The first-order valence-corrected chi connectivity index (χ1v) is 8.54. The summed E-state index contributed by atoms with van der Waals surface area (Å²) in [7, 11) is 0. The minimum Gasteiger partial charge on any atom is -0.463 e. The average Bonchev–Trinajstić information content (AvgIpc) is 2.41. The standard InChI is InChI=1S/C16H20ClN3O3/c17-11-4-12(20-15(22)19-11)23-13(14(18)21)16-5-8-1-9(6-16)3-10(2-8)7-16/h4,8-10,13H,1-3,5-7H2,(H2,18,21)(H,19,20,22). The third kappa shape index (κ3) is 2.63. The monoisotopic (exact) mass is 337 g/mol. The molecule has 4 fully saturated rings. The summed E-state index contributed by atoms with van der Waals surface area (Å²) in [5.41, 5.74) is 4.86. The maximum atomic E-state index is 12.1. The fraction of sp³-hybridized carbons (Fsp3) is 0.688. The summed E-state index contributed by atoms with van der Waals surface area (Å²) >= 11 is 5.84. The third-order valence-corrected chi connectivity index (χ3v) is 6.03. The van der Waals surface area contributed by atoms with Crippen LogP contribution in [0.2, 0.25) is 5.15 Å². The summed E-state index contributed by atoms with van der Waals surface area (Å²) in [6.45, 7) is 0. The van der Waals surface area contributed by atoms with Crippen LogP contribution in [0.25, 0.3) is 0 Å². The second-order valence-electron chi connectivity index (χ2n) is 7.55. The summed E-state index contributed by atoms with van der Waals surface area (Å²) in [6, 6.07) is 1.42. The van der Waals surface area contributed by atoms with Gasteiger partial charge in [0, 0.05) is 11.5 Å². The van der Waals surface area contributed by atoms with Crippen LogP contribution in [0.1, 0.15) is 38.5 Å². The van der Waals surface area contributed by atoms with Gasteiger partial charge in [-0.25, -0.2) is 4.79 Å². The highest BCUT2D eigenvalue weighted by atomic mass is 35.5. The van der Waals surface area contributed by atoms with E-state index in [-0.39, 0.29) is 16.4 Å². The number of nitrogens with one attached hydrogen (secondary N) is 1. The van der Waals surface area contributed by atoms with Crippen molar-refractivity contribution in [2.24, 2.45) is 28.9 Å². The van der Waals surface area contributed by atoms with E-state index in [1.807, 2.05) is 0 Å². The number of nitrogens with two attached hydrogens (primary N) is 1. The van der Waals surface area contributed by atoms with Crippen molar-refractivity contribution in [2.75, 3.05) is 0 Å². The Balaban J connectivity index is 1.66. The van der Waals surface area contributed by atoms with Crippen LogP contribution in [0.15, 0.2) is 10.9 Å². The van der Waals surface area contributed by atoms with Crippen molar-refractivity contribution in [1.29, 1.82) is 0 Å². The van der Waals surface area contributed by atoms with Crippen LogP contribution >= 0.6 is 11.6 Å². The van der Waals surface area contributed by atoms with E-state index >= 15 is 0 Å². The molecular weight excluding hydrogens is 318 g/mol. The van der Waals surface area contributed by atoms with Gasteiger partial charge in [0.1, 0.15) is 5.15 Å². The number of aromatic nitrogens is 2. The van der Waals surface area contributed by atoms with Crippen molar-refractivity contribution in [3.05, 3.63) is 21.7 Å². The fourth-order valence-electron chi connectivity index (χ4n) is 5.57. The SMILES string of the molecule is NC(=O)C(Oc1cc(Cl)[nH]c(=O)n1)C12CC3CC(CC(C3)C1)C2. The van der Waals surface area contributed by atoms with Crippen LogP contribution in [-0.2, 0) is 4.79 Å². The molecule has 0 saturated heterocycles. The molecule has 3 N–H and O–H groups in total. The van der Waals surface area contributed by atoms with Gasteiger partial charge in [0.05, 0.1) is 0 Å². The number of primary amides is 1. The number of H-pyrrole nitrogens is 1. The van der Waals surface area contributed by atoms with E-state index in [1.54, 1.807) is 0 Å². The minimum atomic E-state index is -0.749. The van der Waals surface area contributed by atoms with Crippen molar-refractivity contribution < 1.29 is 9.53 Å². The lowest BCUT2D eigenvalue weighted by Crippen LogP contribution is -2.57. The summed E-state index contributed by atoms with van der Waals surface area (Å²) in [5.74, 6) is 1.59. The molecule has 4 bridgehead atoms. The highest BCUT2D eigenvalue weighted by Gasteiger charge is 2.56. The molecule has 1 unspecified atom stereocenters. The predicted molar refractivity (Wildman–Crippen MR) is 84.1 cm³/mol. The number of amides is 1. The van der Waals surface area contributed by atoms with Gasteiger partial charge >= 0.3 is 5.69 Å². The number of ether oxygens (including phenoxy) is 1. The zero-order chi connectivity index (χ0) is 16.2. The Morgan fingerprint density at radius 1 is 1.30 bits per heavy atom. The summed E-state index contributed by atoms with van der Waals surface area (Å²) in [4.78, 5) is 29.7. The highest BCUT2D eigenvalue weighted by molar-refractivity contribution is 6.29. The normalized spacial score (nSPS) is 36.0. The number of aromatic amines is 1. The van der Waals surface area contributed by atoms with Gasteiger partial charge in [0.15, 0.2) is 6.10 Å². The molecule has 1 heterocycles. The molecule has 6 nitrogen and oxygen atoms in total. The zero-order valence-corrected chi connectivity index (χ0v) is 13.5. The number of carbonyl (C=O) groups is 1. The molecule has 0 spiro atoms. The largest absolute Gasteiger partial charge is 0.463 e. The quantitative estimate of drug-likeness (QED) is 0.819. The van der Waals surface area contributed by atoms with E-state index in [9.17, 15) is 9.59 Å². The Morgan fingerprint density at radius 3 is 2.35 bits per heavy atom. The van der Waals surface area contributed by atoms with Crippen molar-refractivity contribution in [3.63, 3.8) is 0 Å². The predicted octanol–water partition coefficient (Wildman–Crippen LogP) is 1.87. The molecule has 1 amide bonds. The van der Waals surface area contributed by atoms with Crippen LogP contribution < -0.4 is 16.2 Å². The van der Waals surface area contributed by atoms with E-state index in [0.717, 1.165) is 19.3 Å². The molecule has 0 aliphatic heterocycles. The van der Waals surface area contributed by atoms with Crippen molar-refractivity contribution in [1.82, 2.24) is 9.97 Å². The van der Waals surface area contributed by atoms with Crippen LogP contribution in [0, 0.1) is 23.2 Å². The zero-order valence-electron chi connectivity index (χ0n) is 12.8. The molecule has 0 aromatic carbocycles. The van der Waals surface area contributed by atoms with Gasteiger partial charge in [-0.05, 0) is 56.3 Å². The Kier molecular flexibility index (Phi) is 3.41. The Morgan fingerprint density at radius 2 is 1.87 bits per heavy atom. The maximum absolute atomic E-state index is 12.1. The summed E-state index contributed by atoms with van der Waals surface area (Å²) in [6.07, 6.45) is 5.97. The summed E-state index contributed by atoms with van der Waals surface area (Å²) in [5, 5.41) is 0.133. The fourth-order valence-corrected chi connectivity index (χ4v) is 5.75. The Bertz CT molecular complexity index is 667. The Hall–Kier alpha value is -1.56. The lowest BCUT2D eigenvalue weighted by atomic mass is 9.48. The lowest BCUT2D eigenvalue weighted by molar-refractivity contribution is -0.148. The number of nitrogens with zero attached hydrogens (tertiary/aromatic N) is 1. The smallest absolute Gasteiger partial charge is 0.349 e. The molecule has 7 heteroatoms. The number of rotatable bonds is 4. The molecule has 4 saturated carbocycles. The molecule has 23 heavy (non-hydrogen) atoms. The first-order chi connectivity index (χ1) is 10.9. The van der Waals surface area contributed by atoms with Crippen LogP contribution in [-0.4, -0.2) is 22.0 Å². The molecule has 5 rings (SSSR count). The lowest BCUT2D eigenvalue weighted by Gasteiger charge is -2.58. The highest BCUT2D eigenvalue weighted by Crippen LogP contribution is 2.61. The first-order valence-electron chi connectivity index (χ1n) is 8.16. The molecule has 1 atom stereocenters. The van der Waals surface area contributed by atoms with Gasteiger partial charge in [-0.3, -0.25) is 9.78 Å². The second kappa shape index (κ2) is 5.23. The average molecular weight is 338 g/mol. The van der Waals surface area contributed by atoms with E-state index in [2.05, 4.69) is 9.97 Å². The van der Waals surface area contributed by atoms with E-state index < -0.39 is 17.7 Å². The third-order valence-electron chi connectivity index (χ3n) is 5.83. The number of carbonyl (C=O) groups excluding carboxylic acids is 1. The van der Waals surface area contributed by atoms with Gasteiger partial charge in [0.2, 0.25) is 5.88 Å². The van der Waals surface area contributed by atoms with Gasteiger partial charge in [0.25, 0.3) is 5.91 Å². The van der Waals surface area contributed by atoms with Gasteiger partial charge in [-0.1, -0.05) is 11.6 Å². The van der Waals surface area contributed by atoms with Crippen LogP contribution in [0.4, 0.5) is 0 Å². The van der Waals surface area contributed by atoms with E-state index in [4.69, 9.17) is 22.1 Å². The van der Waals surface area contributed by atoms with E-state index in [0.29, 0.717) is 17.8 Å². The minimum absolute atomic E-state index is 0.0679. The topological polar surface area (TPSA) is 98.1 Å². The van der Waals surface area contributed by atoms with Gasteiger partial charge in [-0.15, -0.1) is 0 Å². The molecule has 0 radical (unpaired) electrons. The van der Waals surface area contributed by atoms with Gasteiger partial charge in [-0.2, -0.15) is 4.98 Å². The Labute approximate surface area is 138 Å². The van der Waals surface area contributed by atoms with Crippen LogP contribution in [0.5, 0.6) is 5.88 Å². The van der Waals surface area contributed by atoms with Crippen molar-refractivity contribution in [3.8, 4) is 5.88 Å². The van der Waals surface area contributed by atoms with Gasteiger partial charge < -0.3 is 10.5 Å². The van der Waals surface area contributed by atoms with Crippen molar-refractivity contribution in [2.45, 2.75) is 44.6 Å². The molecule has 4 aliphatic carbocycles. The maximum Gasteiger partial charge on any atom is 0.349 e. The second-order valence-corrected chi connectivity index (χ2v) is 7.96. The summed E-state index contributed by atoms with van der Waals surface area (Å²) < 4.78 is 5.83. The number of hydrogen-bond acceptors (Lipinski definition) is 4. The first kappa shape index (κ1) is 15.0. The van der Waals surface area contributed by atoms with Crippen LogP contribution in [0.3, 0.4) is 0 Å². The van der Waals surface area contributed by atoms with Crippen molar-refractivity contribution >= 4 is 17.5 Å². The molecule has 124 valence electrons. The van der Waals surface area contributed by atoms with E-state index in [1.165, 1.54) is 25.3 Å². The molecule has 1 aromatic heterocycles. The molecule has 4 aliphatic rings. The number of hydrogen-bond donors (Lipinski definition) is 2. The molecule has 1 aromatic rings.